The van der Waals surface area contributed by atoms with Crippen molar-refractivity contribution in [3.63, 3.8) is 0 Å². The molecular formula is H8Al2BBiOSiZn. The van der Waals surface area contributed by atoms with Gasteiger partial charge in [0.1, 0.15) is 0 Å². The second-order valence-electron chi connectivity index (χ2n) is 0. The van der Waals surface area contributed by atoms with Crippen LogP contribution in [0.2, 0.25) is 0 Å². The molecule has 0 aromatic carbocycles. The molecule has 0 aliphatic heterocycles. The minimum absolute atomic E-state index is 0. The molecule has 7 heavy (non-hydrogen) atoms. The smallest absolute Gasteiger partial charge is 0 e. The zero-order valence-electron chi connectivity index (χ0n) is 4.81. The summed E-state index contributed by atoms with van der Waals surface area (Å²) in [5, 5.41) is 0. The Labute approximate surface area is 101 Å². The van der Waals surface area contributed by atoms with Crippen LogP contribution in [0.25, 0.3) is 0 Å². The average Bonchev–Trinajstić information content (AvgIpc) is 1.00. The summed E-state index contributed by atoms with van der Waals surface area (Å²) >= 11 is 0.611. The van der Waals surface area contributed by atoms with E-state index in [0.717, 1.165) is 0 Å². The Balaban J connectivity index is -0.000000000500. The molecule has 0 atom stereocenters. The molecule has 34 valence electrons. The molecule has 0 aliphatic rings. The van der Waals surface area contributed by atoms with Crippen LogP contribution in [0, 0.1) is 0 Å². The van der Waals surface area contributed by atoms with Crippen molar-refractivity contribution >= 4 is 79.2 Å². The third-order valence-corrected chi connectivity index (χ3v) is 0. The molecule has 0 unspecified atom stereocenters. The summed E-state index contributed by atoms with van der Waals surface area (Å²) in [6.07, 6.45) is 0. The molecule has 0 fully saturated rings. The molecule has 6 radical (unpaired) electrons. The van der Waals surface area contributed by atoms with Crippen molar-refractivity contribution in [2.45, 2.75) is 0 Å². The second kappa shape index (κ2) is 72.0. The van der Waals surface area contributed by atoms with Gasteiger partial charge in [0.15, 0.2) is 0 Å². The van der Waals surface area contributed by atoms with Gasteiger partial charge in [0.25, 0.3) is 0 Å². The second-order valence-corrected chi connectivity index (χ2v) is 0. The number of hydrogen-bond donors (Lipinski definition) is 0. The van der Waals surface area contributed by atoms with E-state index in [2.05, 4.69) is 0 Å². The summed E-state index contributed by atoms with van der Waals surface area (Å²) in [6.45, 7) is 0. The van der Waals surface area contributed by atoms with Gasteiger partial charge in [0.05, 0.1) is 17.4 Å². The molecule has 0 aromatic heterocycles. The summed E-state index contributed by atoms with van der Waals surface area (Å²) in [5.41, 5.74) is 0. The molecule has 7 heteroatoms. The van der Waals surface area contributed by atoms with Crippen molar-refractivity contribution in [2.75, 3.05) is 0 Å². The molecule has 0 aliphatic carbocycles. The van der Waals surface area contributed by atoms with Crippen molar-refractivity contribution in [1.82, 2.24) is 0 Å². The fourth-order valence-corrected chi connectivity index (χ4v) is 0. The third-order valence-electron chi connectivity index (χ3n) is 0. The van der Waals surface area contributed by atoms with E-state index in [4.69, 9.17) is 3.80 Å². The van der Waals surface area contributed by atoms with Crippen molar-refractivity contribution in [3.8, 4) is 0 Å². The SMILES string of the molecule is [AlH].[B].[BiH3].[O]=[AlH].[SiH3].[Zn]. The van der Waals surface area contributed by atoms with E-state index in [1.807, 2.05) is 0 Å². The number of rotatable bonds is 0. The molecule has 0 heterocycles. The van der Waals surface area contributed by atoms with Crippen molar-refractivity contribution in [1.29, 1.82) is 0 Å². The van der Waals surface area contributed by atoms with Gasteiger partial charge in [0.2, 0.25) is 0 Å². The van der Waals surface area contributed by atoms with Crippen LogP contribution >= 0.6 is 0 Å². The van der Waals surface area contributed by atoms with Gasteiger partial charge in [-0.2, -0.15) is 0 Å². The summed E-state index contributed by atoms with van der Waals surface area (Å²) < 4.78 is 8.28. The fourth-order valence-electron chi connectivity index (χ4n) is 0. The zero-order valence-corrected chi connectivity index (χ0v) is 18.1. The van der Waals surface area contributed by atoms with E-state index < -0.39 is 0 Å². The van der Waals surface area contributed by atoms with Crippen LogP contribution in [-0.4, -0.2) is 79.2 Å². The maximum atomic E-state index is 8.28. The Bertz CT molecular complexity index is 17.7. The predicted octanol–water partition coefficient (Wildman–Crippen LogP) is -4.17. The Morgan fingerprint density at radius 1 is 1.14 bits per heavy atom. The Morgan fingerprint density at radius 2 is 1.14 bits per heavy atom. The minimum atomic E-state index is 0. The quantitative estimate of drug-likeness (QED) is 0.383. The summed E-state index contributed by atoms with van der Waals surface area (Å²) in [6, 6.07) is 0. The zero-order chi connectivity index (χ0) is 2.00. The first kappa shape index (κ1) is 54.2. The van der Waals surface area contributed by atoms with Gasteiger partial charge in [-0.15, -0.1) is 0 Å². The summed E-state index contributed by atoms with van der Waals surface area (Å²) in [4.78, 5) is 0. The van der Waals surface area contributed by atoms with Crippen LogP contribution in [0.4, 0.5) is 0 Å². The van der Waals surface area contributed by atoms with E-state index in [1.165, 1.54) is 0 Å². The molecule has 0 spiro atoms. The monoisotopic (exact) mass is 390 g/mol. The van der Waals surface area contributed by atoms with Crippen LogP contribution in [-0.2, 0) is 23.3 Å². The third kappa shape index (κ3) is 54.4. The topological polar surface area (TPSA) is 17.1 Å². The predicted molar refractivity (Wildman–Crippen MR) is 40.6 cm³/mol. The van der Waals surface area contributed by atoms with E-state index in [9.17, 15) is 0 Å². The molecule has 0 rings (SSSR count). The fraction of sp³-hybridized carbons (Fsp3) is 0. The van der Waals surface area contributed by atoms with E-state index in [-0.39, 0.29) is 82.4 Å². The largest absolute Gasteiger partial charge is 0.0125 e. The first-order valence-electron chi connectivity index (χ1n) is 0.289. The van der Waals surface area contributed by atoms with Crippen LogP contribution in [0.1, 0.15) is 0 Å². The van der Waals surface area contributed by atoms with E-state index in [1.54, 1.807) is 0 Å². The first-order chi connectivity index (χ1) is 1.00. The molecule has 0 amide bonds. The Hall–Kier alpha value is 2.65. The van der Waals surface area contributed by atoms with Crippen LogP contribution in [0.15, 0.2) is 0 Å². The van der Waals surface area contributed by atoms with Gasteiger partial charge in [-0.05, 0) is 11.0 Å². The van der Waals surface area contributed by atoms with Crippen molar-refractivity contribution in [3.05, 3.63) is 0 Å². The summed E-state index contributed by atoms with van der Waals surface area (Å²) in [5.74, 6) is 0. The minimum Gasteiger partial charge on any atom is -0.0125 e. The molecule has 0 N–H and O–H groups in total. The first-order valence-corrected chi connectivity index (χ1v) is 0.866. The van der Waals surface area contributed by atoms with Crippen LogP contribution in [0.5, 0.6) is 0 Å². The van der Waals surface area contributed by atoms with Gasteiger partial charge in [-0.3, -0.25) is 0 Å². The van der Waals surface area contributed by atoms with Gasteiger partial charge < -0.3 is 0 Å². The number of hydrogen-bond acceptors (Lipinski definition) is 1. The Morgan fingerprint density at radius 3 is 1.14 bits per heavy atom. The van der Waals surface area contributed by atoms with Crippen LogP contribution < -0.4 is 0 Å². The van der Waals surface area contributed by atoms with E-state index >= 15 is 0 Å². The molecule has 0 saturated carbocycles. The van der Waals surface area contributed by atoms with Gasteiger partial charge >= 0.3 is 46.2 Å². The van der Waals surface area contributed by atoms with Crippen molar-refractivity contribution in [2.24, 2.45) is 0 Å². The average molecular weight is 391 g/mol. The molecular weight excluding hydrogens is 383 g/mol. The maximum absolute atomic E-state index is 8.28. The van der Waals surface area contributed by atoms with E-state index in [0.29, 0.717) is 16.2 Å². The van der Waals surface area contributed by atoms with Gasteiger partial charge in [-0.1, -0.05) is 0 Å². The Kier molecular flexibility index (Phi) is 557. The molecule has 0 saturated heterocycles. The van der Waals surface area contributed by atoms with Crippen molar-refractivity contribution < 1.29 is 23.3 Å². The van der Waals surface area contributed by atoms with Gasteiger partial charge in [-0.25, -0.2) is 0 Å². The molecule has 1 nitrogen and oxygen atoms in total. The maximum Gasteiger partial charge on any atom is 0 e. The summed E-state index contributed by atoms with van der Waals surface area (Å²) in [7, 11) is 0. The van der Waals surface area contributed by atoms with Gasteiger partial charge in [0, 0.05) is 27.9 Å². The normalized spacial score (nSPS) is 0.429. The molecule has 0 aromatic rings. The van der Waals surface area contributed by atoms with Crippen LogP contribution in [0.3, 0.4) is 0 Å². The standard InChI is InChI=1S/2Al.B.Bi.O.H3Si.Zn.5H/h;;;;;1H3;;;;;;. The molecule has 0 bridgehead atoms.